The number of carbonyl (C=O) groups is 1. The minimum atomic E-state index is -3.65. The van der Waals surface area contributed by atoms with Crippen LogP contribution in [0.4, 0.5) is 0 Å². The van der Waals surface area contributed by atoms with Gasteiger partial charge >= 0.3 is 0 Å². The van der Waals surface area contributed by atoms with Gasteiger partial charge in [0.15, 0.2) is 0 Å². The lowest BCUT2D eigenvalue weighted by atomic mass is 10.2. The van der Waals surface area contributed by atoms with Crippen molar-refractivity contribution in [1.82, 2.24) is 14.5 Å². The van der Waals surface area contributed by atoms with Crippen LogP contribution in [-0.4, -0.2) is 55.8 Å². The average molecular weight is 456 g/mol. The molecule has 1 N–H and O–H groups in total. The minimum Gasteiger partial charge on any atom is -0.351 e. The molecule has 156 valence electrons. The summed E-state index contributed by atoms with van der Waals surface area (Å²) in [6.07, 6.45) is 0. The van der Waals surface area contributed by atoms with Crippen molar-refractivity contribution in [3.8, 4) is 0 Å². The highest BCUT2D eigenvalue weighted by atomic mass is 35.5. The summed E-state index contributed by atoms with van der Waals surface area (Å²) >= 11 is 11.9. The van der Waals surface area contributed by atoms with Gasteiger partial charge in [-0.05, 0) is 36.8 Å². The van der Waals surface area contributed by atoms with Crippen molar-refractivity contribution >= 4 is 39.1 Å². The van der Waals surface area contributed by atoms with Crippen molar-refractivity contribution in [2.45, 2.75) is 24.4 Å². The summed E-state index contributed by atoms with van der Waals surface area (Å²) in [6, 6.07) is 13.4. The number of hydrogen-bond acceptors (Lipinski definition) is 4. The van der Waals surface area contributed by atoms with Crippen LogP contribution in [0.15, 0.2) is 53.4 Å². The molecule has 1 saturated heterocycles. The molecule has 1 aliphatic heterocycles. The largest absolute Gasteiger partial charge is 0.351 e. The van der Waals surface area contributed by atoms with Gasteiger partial charge in [0.1, 0.15) is 4.90 Å². The fraction of sp³-hybridized carbons (Fsp3) is 0.350. The van der Waals surface area contributed by atoms with E-state index < -0.39 is 10.0 Å². The predicted molar refractivity (Wildman–Crippen MR) is 115 cm³/mol. The summed E-state index contributed by atoms with van der Waals surface area (Å²) in [7, 11) is -3.65. The lowest BCUT2D eigenvalue weighted by Crippen LogP contribution is -2.54. The molecule has 1 aliphatic rings. The fourth-order valence-corrected chi connectivity index (χ4v) is 5.27. The lowest BCUT2D eigenvalue weighted by molar-refractivity contribution is -0.126. The van der Waals surface area contributed by atoms with E-state index in [9.17, 15) is 13.2 Å². The van der Waals surface area contributed by atoms with Crippen molar-refractivity contribution in [3.05, 3.63) is 64.1 Å². The van der Waals surface area contributed by atoms with E-state index in [4.69, 9.17) is 23.2 Å². The summed E-state index contributed by atoms with van der Waals surface area (Å²) < 4.78 is 27.1. The summed E-state index contributed by atoms with van der Waals surface area (Å²) in [4.78, 5) is 14.6. The van der Waals surface area contributed by atoms with Crippen LogP contribution in [0.3, 0.4) is 0 Å². The van der Waals surface area contributed by atoms with Crippen LogP contribution in [-0.2, 0) is 21.4 Å². The quantitative estimate of drug-likeness (QED) is 0.726. The summed E-state index contributed by atoms with van der Waals surface area (Å²) in [6.45, 7) is 3.81. The van der Waals surface area contributed by atoms with Crippen LogP contribution in [0, 0.1) is 0 Å². The maximum absolute atomic E-state index is 12.8. The zero-order chi connectivity index (χ0) is 21.0. The number of benzene rings is 2. The molecule has 0 bridgehead atoms. The van der Waals surface area contributed by atoms with E-state index in [1.807, 2.05) is 24.0 Å². The van der Waals surface area contributed by atoms with Gasteiger partial charge in [-0.2, -0.15) is 4.31 Å². The Morgan fingerprint density at radius 3 is 2.28 bits per heavy atom. The Hall–Kier alpha value is -1.64. The number of hydrogen-bond donors (Lipinski definition) is 1. The number of carbonyl (C=O) groups excluding carboxylic acids is 1. The van der Waals surface area contributed by atoms with Gasteiger partial charge in [0, 0.05) is 37.7 Å². The first-order valence-electron chi connectivity index (χ1n) is 9.30. The second kappa shape index (κ2) is 9.45. The number of halogens is 2. The smallest absolute Gasteiger partial charge is 0.244 e. The number of nitrogens with one attached hydrogen (secondary N) is 1. The van der Waals surface area contributed by atoms with Gasteiger partial charge in [-0.3, -0.25) is 9.69 Å². The summed E-state index contributed by atoms with van der Waals surface area (Å²) in [5.74, 6) is -0.0950. The van der Waals surface area contributed by atoms with Crippen LogP contribution in [0.5, 0.6) is 0 Å². The first-order chi connectivity index (χ1) is 13.8. The maximum atomic E-state index is 12.8. The van der Waals surface area contributed by atoms with Crippen LogP contribution < -0.4 is 5.32 Å². The second-order valence-corrected chi connectivity index (χ2v) is 9.64. The molecule has 6 nitrogen and oxygen atoms in total. The highest BCUT2D eigenvalue weighted by Gasteiger charge is 2.32. The Morgan fingerprint density at radius 2 is 1.66 bits per heavy atom. The van der Waals surface area contributed by atoms with E-state index in [1.165, 1.54) is 10.4 Å². The van der Waals surface area contributed by atoms with E-state index in [-0.39, 0.29) is 21.9 Å². The fourth-order valence-electron chi connectivity index (χ4n) is 3.23. The molecule has 1 amide bonds. The first-order valence-corrected chi connectivity index (χ1v) is 11.5. The van der Waals surface area contributed by atoms with Gasteiger partial charge in [-0.25, -0.2) is 8.42 Å². The number of piperazine rings is 1. The normalized spacial score (nSPS) is 17.1. The van der Waals surface area contributed by atoms with Crippen LogP contribution in [0.2, 0.25) is 10.0 Å². The summed E-state index contributed by atoms with van der Waals surface area (Å²) in [5, 5.41) is 3.78. The highest BCUT2D eigenvalue weighted by Crippen LogP contribution is 2.25. The first kappa shape index (κ1) is 22.1. The lowest BCUT2D eigenvalue weighted by Gasteiger charge is -2.36. The van der Waals surface area contributed by atoms with Gasteiger partial charge in [0.05, 0.1) is 11.1 Å². The van der Waals surface area contributed by atoms with Crippen LogP contribution in [0.1, 0.15) is 12.5 Å². The molecule has 0 aromatic heterocycles. The third-order valence-corrected chi connectivity index (χ3v) is 7.69. The molecular weight excluding hydrogens is 433 g/mol. The van der Waals surface area contributed by atoms with Crippen molar-refractivity contribution in [2.24, 2.45) is 0 Å². The van der Waals surface area contributed by atoms with E-state index in [0.29, 0.717) is 37.7 Å². The minimum absolute atomic E-state index is 0.0950. The van der Waals surface area contributed by atoms with Crippen molar-refractivity contribution in [1.29, 1.82) is 0 Å². The highest BCUT2D eigenvalue weighted by molar-refractivity contribution is 7.89. The summed E-state index contributed by atoms with van der Waals surface area (Å²) in [5.41, 5.74) is 0.964. The third kappa shape index (κ3) is 5.29. The SMILES string of the molecule is CC(C(=O)NCc1ccc(Cl)cc1)N1CCN(S(=O)(=O)c2ccccc2Cl)CC1. The van der Waals surface area contributed by atoms with Crippen molar-refractivity contribution in [2.75, 3.05) is 26.2 Å². The standard InChI is InChI=1S/C20H23Cl2N3O3S/c1-15(20(26)23-14-16-6-8-17(21)9-7-16)24-10-12-25(13-11-24)29(27,28)19-5-3-2-4-18(19)22/h2-9,15H,10-14H2,1H3,(H,23,26). The Bertz CT molecular complexity index is 959. The topological polar surface area (TPSA) is 69.7 Å². The second-order valence-electron chi connectivity index (χ2n) is 6.89. The molecule has 0 saturated carbocycles. The molecular formula is C20H23Cl2N3O3S. The zero-order valence-electron chi connectivity index (χ0n) is 16.0. The molecule has 1 fully saturated rings. The number of nitrogens with zero attached hydrogens (tertiary/aromatic N) is 2. The molecule has 3 rings (SSSR count). The van der Waals surface area contributed by atoms with Gasteiger partial charge in [0.25, 0.3) is 0 Å². The molecule has 1 atom stereocenters. The predicted octanol–water partition coefficient (Wildman–Crippen LogP) is 3.00. The molecule has 0 radical (unpaired) electrons. The van der Waals surface area contributed by atoms with Crippen LogP contribution in [0.25, 0.3) is 0 Å². The third-order valence-electron chi connectivity index (χ3n) is 5.03. The zero-order valence-corrected chi connectivity index (χ0v) is 18.3. The van der Waals surface area contributed by atoms with Gasteiger partial charge < -0.3 is 5.32 Å². The Labute approximate surface area is 181 Å². The van der Waals surface area contributed by atoms with Crippen molar-refractivity contribution in [3.63, 3.8) is 0 Å². The molecule has 0 aliphatic carbocycles. The van der Waals surface area contributed by atoms with E-state index in [2.05, 4.69) is 5.32 Å². The number of rotatable bonds is 6. The van der Waals surface area contributed by atoms with E-state index >= 15 is 0 Å². The molecule has 2 aromatic rings. The van der Waals surface area contributed by atoms with Gasteiger partial charge in [0.2, 0.25) is 15.9 Å². The van der Waals surface area contributed by atoms with E-state index in [0.717, 1.165) is 5.56 Å². The maximum Gasteiger partial charge on any atom is 0.244 e. The average Bonchev–Trinajstić information content (AvgIpc) is 2.73. The number of amides is 1. The number of sulfonamides is 1. The molecule has 1 unspecified atom stereocenters. The van der Waals surface area contributed by atoms with E-state index in [1.54, 1.807) is 30.3 Å². The Morgan fingerprint density at radius 1 is 1.03 bits per heavy atom. The molecule has 29 heavy (non-hydrogen) atoms. The molecule has 0 spiro atoms. The van der Waals surface area contributed by atoms with Crippen LogP contribution >= 0.6 is 23.2 Å². The van der Waals surface area contributed by atoms with Gasteiger partial charge in [-0.1, -0.05) is 47.5 Å². The Kier molecular flexibility index (Phi) is 7.19. The molecule has 2 aromatic carbocycles. The molecule has 1 heterocycles. The Balaban J connectivity index is 1.55. The molecule has 9 heteroatoms. The monoisotopic (exact) mass is 455 g/mol. The van der Waals surface area contributed by atoms with Crippen molar-refractivity contribution < 1.29 is 13.2 Å². The van der Waals surface area contributed by atoms with Gasteiger partial charge in [-0.15, -0.1) is 0 Å².